The van der Waals surface area contributed by atoms with E-state index >= 15 is 0 Å². The quantitative estimate of drug-likeness (QED) is 0.390. The zero-order valence-corrected chi connectivity index (χ0v) is 12.7. The molecule has 1 aliphatic heterocycles. The summed E-state index contributed by atoms with van der Waals surface area (Å²) in [6, 6.07) is -0.310. The van der Waals surface area contributed by atoms with Gasteiger partial charge in [0, 0.05) is 14.2 Å². The van der Waals surface area contributed by atoms with Crippen LogP contribution in [-0.4, -0.2) is 40.1 Å². The fourth-order valence-corrected chi connectivity index (χ4v) is 2.90. The highest BCUT2D eigenvalue weighted by Gasteiger charge is 2.39. The molecule has 2 heterocycles. The van der Waals surface area contributed by atoms with Gasteiger partial charge in [0.25, 0.3) is 0 Å². The molecule has 0 radical (unpaired) electrons. The molecule has 4 atom stereocenters. The molecule has 0 amide bonds. The Morgan fingerprint density at radius 3 is 2.95 bits per heavy atom. The van der Waals surface area contributed by atoms with Crippen LogP contribution >= 0.6 is 0 Å². The van der Waals surface area contributed by atoms with Gasteiger partial charge in [0.1, 0.15) is 34.7 Å². The number of ether oxygens (including phenoxy) is 2. The van der Waals surface area contributed by atoms with E-state index < -0.39 is 11.0 Å². The third-order valence-electron chi connectivity index (χ3n) is 3.89. The molecule has 0 unspecified atom stereocenters. The lowest BCUT2D eigenvalue weighted by Gasteiger charge is -2.23. The van der Waals surface area contributed by atoms with Gasteiger partial charge in [-0.25, -0.2) is 0 Å². The molecule has 0 saturated carbocycles. The van der Waals surface area contributed by atoms with Gasteiger partial charge in [0.05, 0.1) is 11.0 Å². The van der Waals surface area contributed by atoms with E-state index in [9.17, 15) is 10.1 Å². The van der Waals surface area contributed by atoms with Gasteiger partial charge in [-0.1, -0.05) is 0 Å². The maximum Gasteiger partial charge on any atom is 0.312 e. The van der Waals surface area contributed by atoms with Crippen LogP contribution in [0.4, 0.5) is 5.69 Å². The fourth-order valence-electron chi connectivity index (χ4n) is 2.90. The number of aromatic nitrogens is 2. The first kappa shape index (κ1) is 16.2. The van der Waals surface area contributed by atoms with Crippen molar-refractivity contribution in [3.05, 3.63) is 22.0 Å². The van der Waals surface area contributed by atoms with Crippen molar-refractivity contribution in [3.8, 4) is 0 Å². The van der Waals surface area contributed by atoms with E-state index in [1.165, 1.54) is 10.9 Å². The predicted molar refractivity (Wildman–Crippen MR) is 74.3 cm³/mol. The molecule has 1 saturated heterocycles. The van der Waals surface area contributed by atoms with Gasteiger partial charge in [0.15, 0.2) is 6.04 Å². The maximum absolute atomic E-state index is 11.1. The van der Waals surface area contributed by atoms with Crippen molar-refractivity contribution < 1.29 is 14.4 Å². The zero-order valence-electron chi connectivity index (χ0n) is 12.7. The number of nitrogens with one attached hydrogen (secondary N) is 1. The van der Waals surface area contributed by atoms with E-state index in [0.717, 1.165) is 0 Å². The summed E-state index contributed by atoms with van der Waals surface area (Å²) >= 11 is 0. The van der Waals surface area contributed by atoms with Crippen LogP contribution in [0.15, 0.2) is 11.3 Å². The van der Waals surface area contributed by atoms with Gasteiger partial charge >= 0.3 is 5.69 Å². The number of hydrogen-bond donors (Lipinski definition) is 1. The lowest BCUT2D eigenvalue weighted by atomic mass is 10.0. The summed E-state index contributed by atoms with van der Waals surface area (Å²) in [7, 11) is 3.19. The van der Waals surface area contributed by atoms with Gasteiger partial charge in [-0.2, -0.15) is 5.10 Å². The molecule has 10 nitrogen and oxygen atoms in total. The molecule has 0 aromatic carbocycles. The molecule has 120 valence electrons. The number of hydrogen-bond acceptors (Lipinski definition) is 7. The first-order valence-electron chi connectivity index (χ1n) is 6.90. The van der Waals surface area contributed by atoms with Crippen molar-refractivity contribution in [2.24, 2.45) is 12.2 Å². The normalized spacial score (nSPS) is 28.7. The van der Waals surface area contributed by atoms with E-state index in [4.69, 9.17) is 15.0 Å². The lowest BCUT2D eigenvalue weighted by Crippen LogP contribution is -2.36. The van der Waals surface area contributed by atoms with Crippen molar-refractivity contribution in [2.75, 3.05) is 7.11 Å². The topological polar surface area (TPSA) is 130 Å². The Hall–Kier alpha value is -2.16. The van der Waals surface area contributed by atoms with E-state index in [-0.39, 0.29) is 23.9 Å². The molecule has 10 heteroatoms. The molecule has 0 spiro atoms. The minimum atomic E-state index is -0.480. The van der Waals surface area contributed by atoms with Crippen molar-refractivity contribution in [2.45, 2.75) is 44.1 Å². The lowest BCUT2D eigenvalue weighted by molar-refractivity contribution is -0.386. The Morgan fingerprint density at radius 2 is 2.36 bits per heavy atom. The summed E-state index contributed by atoms with van der Waals surface area (Å²) in [6.45, 7) is 1.82. The number of methoxy groups -OCH3 is 1. The molecule has 1 fully saturated rings. The standard InChI is InChI=1S/C12H19N6O4/c1-7-12(21-3)8(15-16-13)4-5-10(22-7)11-9(18(19)20)6-14-17(11)2/h6-8,10,12-13H,4-5H2,1-3H3/q+1/t7-,8+,10-,12+/m0/s1. The zero-order chi connectivity index (χ0) is 16.3. The Kier molecular flexibility index (Phi) is 4.96. The third kappa shape index (κ3) is 3.03. The summed E-state index contributed by atoms with van der Waals surface area (Å²) in [5.41, 5.74) is 7.28. The molecule has 2 rings (SSSR count). The number of aryl methyl sites for hydroxylation is 1. The van der Waals surface area contributed by atoms with E-state index in [0.29, 0.717) is 18.5 Å². The largest absolute Gasteiger partial charge is 0.376 e. The molecule has 22 heavy (non-hydrogen) atoms. The van der Waals surface area contributed by atoms with Crippen molar-refractivity contribution >= 4 is 5.69 Å². The highest BCUT2D eigenvalue weighted by Crippen LogP contribution is 2.36. The van der Waals surface area contributed by atoms with Gasteiger partial charge in [0.2, 0.25) is 4.91 Å². The molecule has 0 bridgehead atoms. The van der Waals surface area contributed by atoms with Crippen LogP contribution in [0.5, 0.6) is 0 Å². The molecule has 1 aromatic rings. The second-order valence-electron chi connectivity index (χ2n) is 5.19. The first-order chi connectivity index (χ1) is 10.5. The Bertz CT molecular complexity index is 596. The second kappa shape index (κ2) is 6.73. The van der Waals surface area contributed by atoms with Crippen LogP contribution in [0.2, 0.25) is 0 Å². The third-order valence-corrected chi connectivity index (χ3v) is 3.89. The number of nitrogens with zero attached hydrogens (tertiary/aromatic N) is 5. The minimum absolute atomic E-state index is 0.0609. The summed E-state index contributed by atoms with van der Waals surface area (Å²) < 4.78 is 12.8. The molecule has 1 aliphatic rings. The molecule has 0 aliphatic carbocycles. The van der Waals surface area contributed by atoms with Crippen molar-refractivity contribution in [3.63, 3.8) is 0 Å². The molecular formula is C12H19N6O4+. The molecule has 1 N–H and O–H groups in total. The summed E-state index contributed by atoms with van der Waals surface area (Å²) in [4.78, 5) is 13.8. The highest BCUT2D eigenvalue weighted by molar-refractivity contribution is 5.35. The van der Waals surface area contributed by atoms with Crippen molar-refractivity contribution in [1.82, 2.24) is 14.7 Å². The highest BCUT2D eigenvalue weighted by atomic mass is 16.6. The summed E-state index contributed by atoms with van der Waals surface area (Å²) in [5.74, 6) is 0. The summed E-state index contributed by atoms with van der Waals surface area (Å²) in [6.07, 6.45) is 1.11. The van der Waals surface area contributed by atoms with Crippen LogP contribution < -0.4 is 4.91 Å². The van der Waals surface area contributed by atoms with Gasteiger partial charge < -0.3 is 9.47 Å². The van der Waals surface area contributed by atoms with Crippen LogP contribution in [-0.2, 0) is 16.5 Å². The monoisotopic (exact) mass is 311 g/mol. The molecular weight excluding hydrogens is 292 g/mol. The second-order valence-corrected chi connectivity index (χ2v) is 5.19. The Balaban J connectivity index is 2.33. The van der Waals surface area contributed by atoms with E-state index in [1.807, 2.05) is 6.92 Å². The molecule has 1 aromatic heterocycles. The average molecular weight is 311 g/mol. The Labute approximate surface area is 126 Å². The van der Waals surface area contributed by atoms with Gasteiger partial charge in [-0.05, 0) is 19.8 Å². The fraction of sp³-hybridized carbons (Fsp3) is 0.750. The maximum atomic E-state index is 11.1. The van der Waals surface area contributed by atoms with Gasteiger partial charge in [-0.15, -0.1) is 0 Å². The average Bonchev–Trinajstić information content (AvgIpc) is 2.78. The van der Waals surface area contributed by atoms with Crippen molar-refractivity contribution in [1.29, 1.82) is 5.53 Å². The SMILES string of the molecule is CO[C@@H]1[C@H](C)O[C@H](c2c([N+](=O)[O-])cnn2C)CC[C@H]1N=[N+]=N. The van der Waals surface area contributed by atoms with Gasteiger partial charge in [-0.3, -0.25) is 14.8 Å². The summed E-state index contributed by atoms with van der Waals surface area (Å²) in [5, 5.41) is 19.0. The number of rotatable bonds is 4. The van der Waals surface area contributed by atoms with Crippen LogP contribution in [0, 0.1) is 15.6 Å². The van der Waals surface area contributed by atoms with E-state index in [2.05, 4.69) is 15.1 Å². The number of nitro groups is 1. The smallest absolute Gasteiger partial charge is 0.312 e. The predicted octanol–water partition coefficient (Wildman–Crippen LogP) is 1.50. The Morgan fingerprint density at radius 1 is 1.64 bits per heavy atom. The minimum Gasteiger partial charge on any atom is -0.376 e. The van der Waals surface area contributed by atoms with Crippen LogP contribution in [0.1, 0.15) is 31.6 Å². The first-order valence-corrected chi connectivity index (χ1v) is 6.90. The van der Waals surface area contributed by atoms with E-state index in [1.54, 1.807) is 14.2 Å². The van der Waals surface area contributed by atoms with Crippen LogP contribution in [0.25, 0.3) is 0 Å². The van der Waals surface area contributed by atoms with Crippen LogP contribution in [0.3, 0.4) is 0 Å².